The normalized spacial score (nSPS) is 10.6. The van der Waals surface area contributed by atoms with E-state index in [1.165, 1.54) is 6.07 Å². The Balaban J connectivity index is 2.19. The van der Waals surface area contributed by atoms with Gasteiger partial charge in [-0.3, -0.25) is 0 Å². The lowest BCUT2D eigenvalue weighted by molar-refractivity contribution is 0.434. The summed E-state index contributed by atoms with van der Waals surface area (Å²) in [5, 5.41) is 18.6. The van der Waals surface area contributed by atoms with Crippen LogP contribution >= 0.6 is 0 Å². The third-order valence-electron chi connectivity index (χ3n) is 3.14. The molecule has 0 fully saturated rings. The number of phenols is 1. The summed E-state index contributed by atoms with van der Waals surface area (Å²) in [5.41, 5.74) is 3.13. The van der Waals surface area contributed by atoms with E-state index in [0.29, 0.717) is 16.7 Å². The van der Waals surface area contributed by atoms with Crippen LogP contribution in [-0.2, 0) is 6.42 Å². The topological polar surface area (TPSA) is 72.7 Å². The van der Waals surface area contributed by atoms with Crippen LogP contribution in [0.2, 0.25) is 0 Å². The maximum atomic E-state index is 13.7. The van der Waals surface area contributed by atoms with Crippen LogP contribution in [0.5, 0.6) is 5.75 Å². The van der Waals surface area contributed by atoms with Crippen molar-refractivity contribution in [3.05, 3.63) is 48.0 Å². The Morgan fingerprint density at radius 1 is 1.30 bits per heavy atom. The third kappa shape index (κ3) is 1.97. The largest absolute Gasteiger partial charge is 0.504 e. The molecule has 20 heavy (non-hydrogen) atoms. The van der Waals surface area contributed by atoms with E-state index in [2.05, 4.69) is 9.97 Å². The number of aromatic nitrogens is 2. The fourth-order valence-corrected chi connectivity index (χ4v) is 2.17. The van der Waals surface area contributed by atoms with Crippen LogP contribution < -0.4 is 0 Å². The van der Waals surface area contributed by atoms with E-state index >= 15 is 0 Å². The van der Waals surface area contributed by atoms with E-state index in [-0.39, 0.29) is 6.42 Å². The molecule has 5 heteroatoms. The molecule has 1 aromatic heterocycles. The van der Waals surface area contributed by atoms with Crippen molar-refractivity contribution in [1.29, 1.82) is 5.26 Å². The number of hydrogen-bond acceptors (Lipinski definition) is 3. The second kappa shape index (κ2) is 4.67. The van der Waals surface area contributed by atoms with Gasteiger partial charge in [-0.15, -0.1) is 0 Å². The van der Waals surface area contributed by atoms with Crippen molar-refractivity contribution >= 4 is 11.0 Å². The molecule has 0 unspecified atom stereocenters. The first kappa shape index (κ1) is 12.2. The van der Waals surface area contributed by atoms with Gasteiger partial charge in [0.25, 0.3) is 0 Å². The van der Waals surface area contributed by atoms with Gasteiger partial charge in [0.2, 0.25) is 0 Å². The quantitative estimate of drug-likeness (QED) is 0.749. The summed E-state index contributed by atoms with van der Waals surface area (Å²) in [5.74, 6) is -1.14. The molecule has 0 bridgehead atoms. The predicted octanol–water partition coefficient (Wildman–Crippen LogP) is 3.14. The van der Waals surface area contributed by atoms with Gasteiger partial charge in [0.05, 0.1) is 29.9 Å². The Kier molecular flexibility index (Phi) is 2.84. The molecule has 0 radical (unpaired) electrons. The number of aromatic amines is 1. The van der Waals surface area contributed by atoms with E-state index in [9.17, 15) is 9.50 Å². The predicted molar refractivity (Wildman–Crippen MR) is 72.5 cm³/mol. The molecule has 0 aliphatic heterocycles. The molecule has 0 saturated heterocycles. The second-order valence-electron chi connectivity index (χ2n) is 4.44. The zero-order valence-corrected chi connectivity index (χ0v) is 10.4. The molecular weight excluding hydrogens is 257 g/mol. The lowest BCUT2D eigenvalue weighted by Gasteiger charge is -2.08. The number of H-pyrrole nitrogens is 1. The smallest absolute Gasteiger partial charge is 0.165 e. The van der Waals surface area contributed by atoms with Crippen molar-refractivity contribution < 1.29 is 9.50 Å². The lowest BCUT2D eigenvalue weighted by Crippen LogP contribution is -1.89. The number of nitrogens with zero attached hydrogens (tertiary/aromatic N) is 2. The molecular formula is C15H10FN3O. The molecule has 0 saturated carbocycles. The summed E-state index contributed by atoms with van der Waals surface area (Å²) < 4.78 is 13.7. The molecule has 0 aliphatic rings. The molecule has 0 aliphatic carbocycles. The number of benzene rings is 2. The van der Waals surface area contributed by atoms with Crippen molar-refractivity contribution in [2.45, 2.75) is 6.42 Å². The summed E-state index contributed by atoms with van der Waals surface area (Å²) in [6.45, 7) is 0. The van der Waals surface area contributed by atoms with Crippen LogP contribution in [0.25, 0.3) is 22.2 Å². The van der Waals surface area contributed by atoms with Crippen molar-refractivity contribution in [3.8, 4) is 22.9 Å². The first-order valence-corrected chi connectivity index (χ1v) is 6.01. The monoisotopic (exact) mass is 267 g/mol. The van der Waals surface area contributed by atoms with E-state index in [1.54, 1.807) is 24.5 Å². The van der Waals surface area contributed by atoms with Gasteiger partial charge in [0.1, 0.15) is 0 Å². The van der Waals surface area contributed by atoms with Gasteiger partial charge >= 0.3 is 0 Å². The minimum atomic E-state index is -0.727. The zero-order valence-electron chi connectivity index (χ0n) is 10.4. The van der Waals surface area contributed by atoms with Gasteiger partial charge < -0.3 is 10.1 Å². The number of imidazole rings is 1. The van der Waals surface area contributed by atoms with Gasteiger partial charge in [0.15, 0.2) is 11.6 Å². The van der Waals surface area contributed by atoms with Crippen LogP contribution in [0.1, 0.15) is 5.56 Å². The van der Waals surface area contributed by atoms with Gasteiger partial charge in [-0.2, -0.15) is 5.26 Å². The van der Waals surface area contributed by atoms with Gasteiger partial charge in [-0.05, 0) is 35.4 Å². The van der Waals surface area contributed by atoms with Crippen LogP contribution in [-0.4, -0.2) is 15.1 Å². The van der Waals surface area contributed by atoms with E-state index in [1.807, 2.05) is 12.1 Å². The highest BCUT2D eigenvalue weighted by molar-refractivity contribution is 5.83. The summed E-state index contributed by atoms with van der Waals surface area (Å²) >= 11 is 0. The zero-order chi connectivity index (χ0) is 14.1. The average molecular weight is 267 g/mol. The summed E-state index contributed by atoms with van der Waals surface area (Å²) in [6.07, 6.45) is 1.66. The van der Waals surface area contributed by atoms with Gasteiger partial charge in [0, 0.05) is 5.56 Å². The highest BCUT2D eigenvalue weighted by atomic mass is 19.1. The van der Waals surface area contributed by atoms with Crippen LogP contribution in [0, 0.1) is 17.1 Å². The molecule has 1 heterocycles. The molecule has 3 aromatic rings. The SMILES string of the molecule is N#CCc1cc(F)c(O)c(-c2ccc3[nH]cnc3c2)c1. The fourth-order valence-electron chi connectivity index (χ4n) is 2.17. The molecule has 0 atom stereocenters. The van der Waals surface area contributed by atoms with E-state index < -0.39 is 11.6 Å². The maximum absolute atomic E-state index is 13.7. The average Bonchev–Trinajstić information content (AvgIpc) is 2.90. The maximum Gasteiger partial charge on any atom is 0.165 e. The minimum Gasteiger partial charge on any atom is -0.504 e. The number of fused-ring (bicyclic) bond motifs is 1. The molecule has 98 valence electrons. The number of phenolic OH excluding ortho intramolecular Hbond substituents is 1. The molecule has 0 amide bonds. The summed E-state index contributed by atoms with van der Waals surface area (Å²) in [7, 11) is 0. The number of halogens is 1. The molecule has 3 rings (SSSR count). The Morgan fingerprint density at radius 3 is 2.95 bits per heavy atom. The molecule has 2 N–H and O–H groups in total. The first-order chi connectivity index (χ1) is 9.69. The van der Waals surface area contributed by atoms with Crippen LogP contribution in [0.4, 0.5) is 4.39 Å². The second-order valence-corrected chi connectivity index (χ2v) is 4.44. The lowest BCUT2D eigenvalue weighted by atomic mass is 10.00. The highest BCUT2D eigenvalue weighted by Crippen LogP contribution is 2.34. The fraction of sp³-hybridized carbons (Fsp3) is 0.0667. The standard InChI is InChI=1S/C15H10FN3O/c16-12-6-9(3-4-17)5-11(15(12)20)10-1-2-13-14(7-10)19-8-18-13/h1-2,5-8,20H,3H2,(H,18,19). The number of aromatic hydroxyl groups is 1. The molecule has 2 aromatic carbocycles. The van der Waals surface area contributed by atoms with E-state index in [4.69, 9.17) is 5.26 Å². The van der Waals surface area contributed by atoms with Crippen molar-refractivity contribution in [2.24, 2.45) is 0 Å². The van der Waals surface area contributed by atoms with Crippen molar-refractivity contribution in [3.63, 3.8) is 0 Å². The van der Waals surface area contributed by atoms with Crippen LogP contribution in [0.3, 0.4) is 0 Å². The van der Waals surface area contributed by atoms with Gasteiger partial charge in [-0.1, -0.05) is 6.07 Å². The van der Waals surface area contributed by atoms with Crippen LogP contribution in [0.15, 0.2) is 36.7 Å². The first-order valence-electron chi connectivity index (χ1n) is 6.01. The number of nitriles is 1. The Labute approximate surface area is 114 Å². The van der Waals surface area contributed by atoms with E-state index in [0.717, 1.165) is 11.0 Å². The minimum absolute atomic E-state index is 0.0921. The summed E-state index contributed by atoms with van der Waals surface area (Å²) in [6, 6.07) is 10.1. The number of rotatable bonds is 2. The number of nitrogens with one attached hydrogen (secondary N) is 1. The third-order valence-corrected chi connectivity index (χ3v) is 3.14. The Bertz CT molecular complexity index is 833. The molecule has 0 spiro atoms. The Morgan fingerprint density at radius 2 is 2.15 bits per heavy atom. The molecule has 4 nitrogen and oxygen atoms in total. The number of hydrogen-bond donors (Lipinski definition) is 2. The highest BCUT2D eigenvalue weighted by Gasteiger charge is 2.12. The van der Waals surface area contributed by atoms with Crippen molar-refractivity contribution in [2.75, 3.05) is 0 Å². The summed E-state index contributed by atoms with van der Waals surface area (Å²) in [4.78, 5) is 7.10. The Hall–Kier alpha value is -2.87. The van der Waals surface area contributed by atoms with Crippen molar-refractivity contribution in [1.82, 2.24) is 9.97 Å². The van der Waals surface area contributed by atoms with Gasteiger partial charge in [-0.25, -0.2) is 9.37 Å².